The molecule has 1 aliphatic heterocycles. The largest absolute Gasteiger partial charge is 0.342 e. The summed E-state index contributed by atoms with van der Waals surface area (Å²) < 4.78 is 0. The van der Waals surface area contributed by atoms with Crippen LogP contribution in [0.1, 0.15) is 28.9 Å². The number of nitrogens with one attached hydrogen (secondary N) is 1. The van der Waals surface area contributed by atoms with E-state index in [9.17, 15) is 9.59 Å². The van der Waals surface area contributed by atoms with E-state index >= 15 is 0 Å². The molecule has 120 valence electrons. The lowest BCUT2D eigenvalue weighted by atomic mass is 10.2. The smallest absolute Gasteiger partial charge is 0.271 e. The van der Waals surface area contributed by atoms with Gasteiger partial charge in [-0.2, -0.15) is 0 Å². The van der Waals surface area contributed by atoms with Crippen molar-refractivity contribution in [2.75, 3.05) is 19.6 Å². The zero-order valence-electron chi connectivity index (χ0n) is 13.0. The Morgan fingerprint density at radius 2 is 1.91 bits per heavy atom. The van der Waals surface area contributed by atoms with Crippen LogP contribution in [0.15, 0.2) is 29.6 Å². The molecule has 0 atom stereocenters. The molecule has 6 heteroatoms. The average molecular weight is 329 g/mol. The Morgan fingerprint density at radius 1 is 1.22 bits per heavy atom. The van der Waals surface area contributed by atoms with Crippen LogP contribution in [0.2, 0.25) is 0 Å². The van der Waals surface area contributed by atoms with Crippen LogP contribution >= 0.6 is 11.3 Å². The van der Waals surface area contributed by atoms with Gasteiger partial charge in [-0.25, -0.2) is 4.98 Å². The maximum Gasteiger partial charge on any atom is 0.271 e. The van der Waals surface area contributed by atoms with E-state index in [-0.39, 0.29) is 18.4 Å². The summed E-state index contributed by atoms with van der Waals surface area (Å²) in [6, 6.07) is 8.02. The molecule has 0 saturated carbocycles. The zero-order chi connectivity index (χ0) is 16.2. The van der Waals surface area contributed by atoms with E-state index in [1.165, 1.54) is 16.9 Å². The topological polar surface area (TPSA) is 62.3 Å². The molecule has 1 aromatic carbocycles. The van der Waals surface area contributed by atoms with Crippen LogP contribution in [0.25, 0.3) is 10.6 Å². The van der Waals surface area contributed by atoms with Crippen LogP contribution in [0, 0.1) is 6.92 Å². The minimum Gasteiger partial charge on any atom is -0.342 e. The Bertz CT molecular complexity index is 703. The summed E-state index contributed by atoms with van der Waals surface area (Å²) >= 11 is 1.43. The molecule has 1 aliphatic rings. The van der Waals surface area contributed by atoms with E-state index in [2.05, 4.69) is 10.3 Å². The summed E-state index contributed by atoms with van der Waals surface area (Å²) in [5.41, 5.74) is 2.54. The molecule has 2 aromatic rings. The second-order valence-corrected chi connectivity index (χ2v) is 6.53. The molecule has 0 bridgehead atoms. The quantitative estimate of drug-likeness (QED) is 0.937. The molecule has 1 saturated heterocycles. The van der Waals surface area contributed by atoms with Crippen LogP contribution in [-0.2, 0) is 4.79 Å². The van der Waals surface area contributed by atoms with Crippen molar-refractivity contribution in [3.05, 3.63) is 40.9 Å². The fourth-order valence-electron chi connectivity index (χ4n) is 2.53. The summed E-state index contributed by atoms with van der Waals surface area (Å²) in [6.07, 6.45) is 2.09. The normalized spacial score (nSPS) is 14.0. The van der Waals surface area contributed by atoms with E-state index in [0.29, 0.717) is 5.69 Å². The van der Waals surface area contributed by atoms with Gasteiger partial charge in [0, 0.05) is 24.0 Å². The molecule has 23 heavy (non-hydrogen) atoms. The number of aromatic nitrogens is 1. The number of thiazole rings is 1. The van der Waals surface area contributed by atoms with Crippen molar-refractivity contribution >= 4 is 23.2 Å². The maximum absolute atomic E-state index is 12.1. The van der Waals surface area contributed by atoms with Crippen molar-refractivity contribution < 1.29 is 9.59 Å². The molecule has 1 N–H and O–H groups in total. The number of rotatable bonds is 4. The molecule has 2 heterocycles. The van der Waals surface area contributed by atoms with Gasteiger partial charge in [0.1, 0.15) is 10.7 Å². The number of carbonyl (C=O) groups excluding carboxylic acids is 2. The number of amides is 2. The van der Waals surface area contributed by atoms with E-state index < -0.39 is 0 Å². The number of hydrogen-bond donors (Lipinski definition) is 1. The van der Waals surface area contributed by atoms with Crippen molar-refractivity contribution in [3.63, 3.8) is 0 Å². The summed E-state index contributed by atoms with van der Waals surface area (Å²) in [6.45, 7) is 3.66. The van der Waals surface area contributed by atoms with Gasteiger partial charge in [0.2, 0.25) is 5.91 Å². The Balaban J connectivity index is 1.59. The first-order chi connectivity index (χ1) is 11.1. The van der Waals surface area contributed by atoms with E-state index in [1.807, 2.05) is 31.2 Å². The van der Waals surface area contributed by atoms with Crippen molar-refractivity contribution in [1.29, 1.82) is 0 Å². The highest BCUT2D eigenvalue weighted by Crippen LogP contribution is 2.23. The van der Waals surface area contributed by atoms with Crippen molar-refractivity contribution in [2.24, 2.45) is 0 Å². The van der Waals surface area contributed by atoms with Crippen molar-refractivity contribution in [2.45, 2.75) is 19.8 Å². The lowest BCUT2D eigenvalue weighted by molar-refractivity contribution is -0.129. The predicted molar refractivity (Wildman–Crippen MR) is 90.4 cm³/mol. The standard InChI is InChI=1S/C17H19N3O2S/c1-12-4-6-13(7-5-12)17-19-14(11-23-17)16(22)18-10-15(21)20-8-2-3-9-20/h4-7,11H,2-3,8-10H2,1H3,(H,18,22). The van der Waals surface area contributed by atoms with Gasteiger partial charge in [-0.3, -0.25) is 9.59 Å². The van der Waals surface area contributed by atoms with Gasteiger partial charge in [0.25, 0.3) is 5.91 Å². The van der Waals surface area contributed by atoms with Crippen molar-refractivity contribution in [3.8, 4) is 10.6 Å². The third-order valence-electron chi connectivity index (χ3n) is 3.89. The summed E-state index contributed by atoms with van der Waals surface area (Å²) in [5, 5.41) is 5.20. The summed E-state index contributed by atoms with van der Waals surface area (Å²) in [4.78, 5) is 30.2. The number of likely N-dealkylation sites (tertiary alicyclic amines) is 1. The van der Waals surface area contributed by atoms with Crippen LogP contribution in [0.5, 0.6) is 0 Å². The van der Waals surface area contributed by atoms with Crippen molar-refractivity contribution in [1.82, 2.24) is 15.2 Å². The second kappa shape index (κ2) is 6.91. The van der Waals surface area contributed by atoms with Crippen LogP contribution in [0.4, 0.5) is 0 Å². The van der Waals surface area contributed by atoms with Gasteiger partial charge in [-0.1, -0.05) is 29.8 Å². The third-order valence-corrected chi connectivity index (χ3v) is 4.79. The van der Waals surface area contributed by atoms with E-state index in [0.717, 1.165) is 36.5 Å². The molecule has 0 unspecified atom stereocenters. The lowest BCUT2D eigenvalue weighted by Gasteiger charge is -2.15. The highest BCUT2D eigenvalue weighted by atomic mass is 32.1. The number of aryl methyl sites for hydroxylation is 1. The fourth-order valence-corrected chi connectivity index (χ4v) is 3.34. The SMILES string of the molecule is Cc1ccc(-c2nc(C(=O)NCC(=O)N3CCCC3)cs2)cc1. The monoisotopic (exact) mass is 329 g/mol. The Labute approximate surface area is 139 Å². The maximum atomic E-state index is 12.1. The number of nitrogens with zero attached hydrogens (tertiary/aromatic N) is 2. The minimum atomic E-state index is -0.299. The van der Waals surface area contributed by atoms with Gasteiger partial charge >= 0.3 is 0 Å². The van der Waals surface area contributed by atoms with Gasteiger partial charge in [-0.05, 0) is 19.8 Å². The predicted octanol–water partition coefficient (Wildman–Crippen LogP) is 2.47. The molecular formula is C17H19N3O2S. The van der Waals surface area contributed by atoms with Gasteiger partial charge in [-0.15, -0.1) is 11.3 Å². The first-order valence-corrected chi connectivity index (χ1v) is 8.60. The summed E-state index contributed by atoms with van der Waals surface area (Å²) in [5.74, 6) is -0.322. The Hall–Kier alpha value is -2.21. The molecule has 0 radical (unpaired) electrons. The van der Waals surface area contributed by atoms with Gasteiger partial charge in [0.15, 0.2) is 0 Å². The fraction of sp³-hybridized carbons (Fsp3) is 0.353. The molecule has 0 aliphatic carbocycles. The Kier molecular flexibility index (Phi) is 4.71. The highest BCUT2D eigenvalue weighted by Gasteiger charge is 2.19. The average Bonchev–Trinajstić information content (AvgIpc) is 3.24. The van der Waals surface area contributed by atoms with E-state index in [1.54, 1.807) is 10.3 Å². The highest BCUT2D eigenvalue weighted by molar-refractivity contribution is 7.13. The van der Waals surface area contributed by atoms with Crippen LogP contribution < -0.4 is 5.32 Å². The lowest BCUT2D eigenvalue weighted by Crippen LogP contribution is -2.38. The number of carbonyl (C=O) groups is 2. The third kappa shape index (κ3) is 3.76. The molecule has 5 nitrogen and oxygen atoms in total. The van der Waals surface area contributed by atoms with Gasteiger partial charge in [0.05, 0.1) is 6.54 Å². The zero-order valence-corrected chi connectivity index (χ0v) is 13.9. The van der Waals surface area contributed by atoms with Crippen LogP contribution in [0.3, 0.4) is 0 Å². The Morgan fingerprint density at radius 3 is 2.61 bits per heavy atom. The van der Waals surface area contributed by atoms with E-state index in [4.69, 9.17) is 0 Å². The molecular weight excluding hydrogens is 310 g/mol. The number of hydrogen-bond acceptors (Lipinski definition) is 4. The van der Waals surface area contributed by atoms with Crippen LogP contribution in [-0.4, -0.2) is 41.3 Å². The second-order valence-electron chi connectivity index (χ2n) is 5.67. The summed E-state index contributed by atoms with van der Waals surface area (Å²) in [7, 11) is 0. The molecule has 3 rings (SSSR count). The molecule has 1 aromatic heterocycles. The number of benzene rings is 1. The first-order valence-electron chi connectivity index (χ1n) is 7.72. The molecule has 2 amide bonds. The first kappa shape index (κ1) is 15.7. The molecule has 1 fully saturated rings. The minimum absolute atomic E-state index is 0.0233. The van der Waals surface area contributed by atoms with Gasteiger partial charge < -0.3 is 10.2 Å². The molecule has 0 spiro atoms.